The number of amides is 1. The largest absolute Gasteiger partial charge is 0.482 e. The molecule has 0 radical (unpaired) electrons. The van der Waals surface area contributed by atoms with Crippen molar-refractivity contribution in [3.05, 3.63) is 101 Å². The van der Waals surface area contributed by atoms with E-state index in [0.717, 1.165) is 16.7 Å². The maximum atomic E-state index is 14.4. The molecule has 6 nitrogen and oxygen atoms in total. The summed E-state index contributed by atoms with van der Waals surface area (Å²) in [5.41, 5.74) is 3.22. The lowest BCUT2D eigenvalue weighted by molar-refractivity contribution is -0.145. The number of hydrogen-bond acceptors (Lipinski definition) is 5. The fourth-order valence-corrected chi connectivity index (χ4v) is 4.10. The number of esters is 1. The summed E-state index contributed by atoms with van der Waals surface area (Å²) in [5, 5.41) is 0. The monoisotopic (exact) mass is 463 g/mol. The molecule has 3 aromatic rings. The van der Waals surface area contributed by atoms with Crippen molar-refractivity contribution in [1.29, 1.82) is 0 Å². The number of hydrogen-bond donors (Lipinski definition) is 0. The Kier molecular flexibility index (Phi) is 7.42. The van der Waals surface area contributed by atoms with Gasteiger partial charge in [0.25, 0.3) is 0 Å². The fraction of sp³-hybridized carbons (Fsp3) is 0.259. The Hall–Kier alpha value is -3.87. The number of rotatable bonds is 7. The van der Waals surface area contributed by atoms with E-state index in [0.29, 0.717) is 24.3 Å². The van der Waals surface area contributed by atoms with Gasteiger partial charge >= 0.3 is 12.1 Å². The first kappa shape index (κ1) is 23.3. The average molecular weight is 464 g/mol. The van der Waals surface area contributed by atoms with Crippen molar-refractivity contribution in [2.24, 2.45) is 0 Å². The number of carbonyl (C=O) groups excluding carboxylic acids is 2. The molecular weight excluding hydrogens is 437 g/mol. The molecule has 1 amide bonds. The highest BCUT2D eigenvalue weighted by Crippen LogP contribution is 2.40. The number of nitrogens with zero attached hydrogens (tertiary/aromatic N) is 1. The normalized spacial score (nSPS) is 14.8. The Balaban J connectivity index is 1.66. The molecule has 0 spiro atoms. The van der Waals surface area contributed by atoms with Crippen LogP contribution >= 0.6 is 0 Å². The summed E-state index contributed by atoms with van der Waals surface area (Å²) in [5.74, 6) is -0.697. The second kappa shape index (κ2) is 10.8. The van der Waals surface area contributed by atoms with Crippen LogP contribution in [0.15, 0.2) is 72.8 Å². The Morgan fingerprint density at radius 1 is 0.971 bits per heavy atom. The Bertz CT molecular complexity index is 1150. The van der Waals surface area contributed by atoms with Gasteiger partial charge < -0.3 is 14.2 Å². The number of fused-ring (bicyclic) bond motifs is 1. The zero-order valence-corrected chi connectivity index (χ0v) is 18.9. The molecule has 176 valence electrons. The van der Waals surface area contributed by atoms with Gasteiger partial charge in [-0.25, -0.2) is 14.0 Å². The van der Waals surface area contributed by atoms with E-state index in [1.165, 1.54) is 18.2 Å². The lowest BCUT2D eigenvalue weighted by Crippen LogP contribution is -2.41. The summed E-state index contributed by atoms with van der Waals surface area (Å²) >= 11 is 0. The molecule has 1 heterocycles. The van der Waals surface area contributed by atoms with Crippen molar-refractivity contribution >= 4 is 12.1 Å². The number of carbonyl (C=O) groups is 2. The standard InChI is InChI=1S/C27H26FNO5/c1-2-32-25(30)18-33-24-13-12-21(28)16-23(24)26-22-11-7-6-10-20(22)14-15-29(26)27(31)34-17-19-8-4-3-5-9-19/h3-13,16,26H,2,14-15,17-18H2,1H3/t26-/m0/s1. The van der Waals surface area contributed by atoms with E-state index >= 15 is 0 Å². The van der Waals surface area contributed by atoms with Gasteiger partial charge in [-0.2, -0.15) is 0 Å². The molecule has 0 saturated carbocycles. The van der Waals surface area contributed by atoms with Crippen LogP contribution in [0.25, 0.3) is 0 Å². The summed E-state index contributed by atoms with van der Waals surface area (Å²) < 4.78 is 30.7. The molecule has 0 fully saturated rings. The summed E-state index contributed by atoms with van der Waals surface area (Å²) in [6.45, 7) is 2.14. The van der Waals surface area contributed by atoms with Gasteiger partial charge in [0.05, 0.1) is 12.6 Å². The van der Waals surface area contributed by atoms with Crippen LogP contribution in [-0.4, -0.2) is 36.7 Å². The predicted octanol–water partition coefficient (Wildman–Crippen LogP) is 5.05. The van der Waals surface area contributed by atoms with Crippen LogP contribution in [0.1, 0.15) is 35.2 Å². The zero-order valence-electron chi connectivity index (χ0n) is 18.9. The molecule has 0 aliphatic carbocycles. The third kappa shape index (κ3) is 5.36. The van der Waals surface area contributed by atoms with Gasteiger partial charge in [0.15, 0.2) is 6.61 Å². The van der Waals surface area contributed by atoms with Gasteiger partial charge in [0, 0.05) is 12.1 Å². The molecule has 7 heteroatoms. The smallest absolute Gasteiger partial charge is 0.410 e. The van der Waals surface area contributed by atoms with Crippen molar-refractivity contribution in [2.75, 3.05) is 19.8 Å². The van der Waals surface area contributed by atoms with Crippen molar-refractivity contribution in [3.63, 3.8) is 0 Å². The van der Waals surface area contributed by atoms with Gasteiger partial charge in [-0.1, -0.05) is 54.6 Å². The molecule has 4 rings (SSSR count). The van der Waals surface area contributed by atoms with Crippen molar-refractivity contribution in [3.8, 4) is 5.75 Å². The van der Waals surface area contributed by atoms with E-state index in [1.807, 2.05) is 54.6 Å². The topological polar surface area (TPSA) is 65.1 Å². The lowest BCUT2D eigenvalue weighted by Gasteiger charge is -2.37. The Morgan fingerprint density at radius 3 is 2.53 bits per heavy atom. The maximum Gasteiger partial charge on any atom is 0.410 e. The minimum absolute atomic E-state index is 0.125. The number of halogens is 1. The average Bonchev–Trinajstić information content (AvgIpc) is 2.86. The Labute approximate surface area is 197 Å². The molecular formula is C27H26FNO5. The zero-order chi connectivity index (χ0) is 23.9. The first-order valence-corrected chi connectivity index (χ1v) is 11.2. The van der Waals surface area contributed by atoms with Crippen LogP contribution in [-0.2, 0) is 27.3 Å². The summed E-state index contributed by atoms with van der Waals surface area (Å²) in [7, 11) is 0. The van der Waals surface area contributed by atoms with Crippen LogP contribution in [0.4, 0.5) is 9.18 Å². The minimum Gasteiger partial charge on any atom is -0.482 e. The number of ether oxygens (including phenoxy) is 3. The number of benzene rings is 3. The molecule has 0 N–H and O–H groups in total. The first-order valence-electron chi connectivity index (χ1n) is 11.2. The van der Waals surface area contributed by atoms with Crippen LogP contribution in [0, 0.1) is 5.82 Å². The molecule has 1 aliphatic heterocycles. The second-order valence-electron chi connectivity index (χ2n) is 7.86. The summed E-state index contributed by atoms with van der Waals surface area (Å²) in [4.78, 5) is 26.6. The molecule has 0 aromatic heterocycles. The SMILES string of the molecule is CCOC(=O)COc1ccc(F)cc1[C@@H]1c2ccccc2CCN1C(=O)OCc1ccccc1. The third-order valence-corrected chi connectivity index (χ3v) is 5.64. The molecule has 1 aliphatic rings. The summed E-state index contributed by atoms with van der Waals surface area (Å²) in [6.07, 6.45) is 0.130. The molecule has 3 aromatic carbocycles. The highest BCUT2D eigenvalue weighted by molar-refractivity contribution is 5.72. The molecule has 0 unspecified atom stereocenters. The summed E-state index contributed by atoms with van der Waals surface area (Å²) in [6, 6.07) is 20.6. The molecule has 0 saturated heterocycles. The fourth-order valence-electron chi connectivity index (χ4n) is 4.10. The van der Waals surface area contributed by atoms with Gasteiger partial charge in [0.1, 0.15) is 18.2 Å². The van der Waals surface area contributed by atoms with E-state index in [2.05, 4.69) is 0 Å². The van der Waals surface area contributed by atoms with Crippen LogP contribution in [0.5, 0.6) is 5.75 Å². The minimum atomic E-state index is -0.638. The molecule has 0 bridgehead atoms. The lowest BCUT2D eigenvalue weighted by atomic mass is 9.88. The van der Waals surface area contributed by atoms with Crippen molar-refractivity contribution in [1.82, 2.24) is 4.90 Å². The second-order valence-corrected chi connectivity index (χ2v) is 7.86. The van der Waals surface area contributed by atoms with Crippen molar-refractivity contribution in [2.45, 2.75) is 26.0 Å². The first-order chi connectivity index (χ1) is 16.6. The van der Waals surface area contributed by atoms with E-state index in [9.17, 15) is 14.0 Å². The van der Waals surface area contributed by atoms with Gasteiger partial charge in [-0.05, 0) is 48.2 Å². The third-order valence-electron chi connectivity index (χ3n) is 5.64. The van der Waals surface area contributed by atoms with E-state index in [4.69, 9.17) is 14.2 Å². The van der Waals surface area contributed by atoms with E-state index < -0.39 is 23.9 Å². The Morgan fingerprint density at radius 2 is 1.74 bits per heavy atom. The van der Waals surface area contributed by atoms with Crippen LogP contribution in [0.2, 0.25) is 0 Å². The van der Waals surface area contributed by atoms with Crippen LogP contribution < -0.4 is 4.74 Å². The van der Waals surface area contributed by atoms with Gasteiger partial charge in [-0.3, -0.25) is 4.90 Å². The quantitative estimate of drug-likeness (QED) is 0.459. The van der Waals surface area contributed by atoms with E-state index in [-0.39, 0.29) is 19.8 Å². The highest BCUT2D eigenvalue weighted by atomic mass is 19.1. The molecule has 1 atom stereocenters. The van der Waals surface area contributed by atoms with E-state index in [1.54, 1.807) is 11.8 Å². The van der Waals surface area contributed by atoms with Gasteiger partial charge in [-0.15, -0.1) is 0 Å². The maximum absolute atomic E-state index is 14.4. The highest BCUT2D eigenvalue weighted by Gasteiger charge is 2.35. The van der Waals surface area contributed by atoms with Gasteiger partial charge in [0.2, 0.25) is 0 Å². The van der Waals surface area contributed by atoms with Crippen LogP contribution in [0.3, 0.4) is 0 Å². The predicted molar refractivity (Wildman–Crippen MR) is 124 cm³/mol. The molecule has 34 heavy (non-hydrogen) atoms. The van der Waals surface area contributed by atoms with Crippen molar-refractivity contribution < 1.29 is 28.2 Å².